The number of carbonyl (C=O) groups excluding carboxylic acids is 1. The lowest BCUT2D eigenvalue weighted by Crippen LogP contribution is -2.22. The molecule has 6 nitrogen and oxygen atoms in total. The number of benzene rings is 2. The molecule has 112 valence electrons. The highest BCUT2D eigenvalue weighted by molar-refractivity contribution is 6.00. The van der Waals surface area contributed by atoms with Crippen molar-refractivity contribution in [3.05, 3.63) is 59.2 Å². The minimum Gasteiger partial charge on any atom is -0.382 e. The number of rotatable bonds is 4. The first-order valence-electron chi connectivity index (χ1n) is 6.97. The van der Waals surface area contributed by atoms with E-state index in [4.69, 9.17) is 11.5 Å². The summed E-state index contributed by atoms with van der Waals surface area (Å²) in [7, 11) is 0. The van der Waals surface area contributed by atoms with Gasteiger partial charge in [-0.15, -0.1) is 0 Å². The number of nitrogens with one attached hydrogen (secondary N) is 2. The number of nitrogen functional groups attached to an aromatic ring is 1. The van der Waals surface area contributed by atoms with Gasteiger partial charge in [-0.2, -0.15) is 5.10 Å². The van der Waals surface area contributed by atoms with Crippen molar-refractivity contribution in [2.75, 3.05) is 5.73 Å². The molecule has 0 saturated carbocycles. The fourth-order valence-corrected chi connectivity index (χ4v) is 2.33. The minimum absolute atomic E-state index is 0.152. The van der Waals surface area contributed by atoms with Crippen LogP contribution in [0.15, 0.2) is 42.5 Å². The number of carbonyl (C=O) groups is 1. The lowest BCUT2D eigenvalue weighted by Gasteiger charge is -2.07. The topological polar surface area (TPSA) is 110 Å². The highest BCUT2D eigenvalue weighted by Crippen LogP contribution is 2.19. The third-order valence-corrected chi connectivity index (χ3v) is 3.53. The monoisotopic (exact) mass is 295 g/mol. The van der Waals surface area contributed by atoms with Gasteiger partial charge in [-0.05, 0) is 29.3 Å². The second-order valence-corrected chi connectivity index (χ2v) is 5.08. The summed E-state index contributed by atoms with van der Waals surface area (Å²) in [5, 5.41) is 10.4. The van der Waals surface area contributed by atoms with Gasteiger partial charge in [-0.3, -0.25) is 9.89 Å². The summed E-state index contributed by atoms with van der Waals surface area (Å²) >= 11 is 0. The first-order chi connectivity index (χ1) is 10.7. The van der Waals surface area contributed by atoms with Crippen molar-refractivity contribution >= 4 is 22.6 Å². The van der Waals surface area contributed by atoms with Gasteiger partial charge in [0.25, 0.3) is 5.91 Å². The molecule has 0 radical (unpaired) electrons. The molecular formula is C16H17N5O. The van der Waals surface area contributed by atoms with Crippen molar-refractivity contribution in [1.29, 1.82) is 0 Å². The molecule has 0 aliphatic heterocycles. The van der Waals surface area contributed by atoms with Crippen LogP contribution in [0.1, 0.15) is 21.5 Å². The van der Waals surface area contributed by atoms with Gasteiger partial charge in [0.05, 0.1) is 5.52 Å². The third kappa shape index (κ3) is 2.77. The molecule has 3 aromatic rings. The number of nitrogens with two attached hydrogens (primary N) is 2. The van der Waals surface area contributed by atoms with Gasteiger partial charge in [-0.1, -0.05) is 24.3 Å². The van der Waals surface area contributed by atoms with Gasteiger partial charge in [0, 0.05) is 24.0 Å². The molecule has 1 heterocycles. The zero-order valence-electron chi connectivity index (χ0n) is 12.0. The maximum atomic E-state index is 12.2. The molecule has 2 aromatic carbocycles. The predicted molar refractivity (Wildman–Crippen MR) is 86.0 cm³/mol. The zero-order chi connectivity index (χ0) is 15.5. The van der Waals surface area contributed by atoms with Crippen LogP contribution in [0.25, 0.3) is 10.9 Å². The molecule has 1 amide bonds. The van der Waals surface area contributed by atoms with Crippen LogP contribution in [-0.4, -0.2) is 16.1 Å². The Kier molecular flexibility index (Phi) is 3.76. The number of aromatic nitrogens is 2. The predicted octanol–water partition coefficient (Wildman–Crippen LogP) is 1.53. The molecule has 3 rings (SSSR count). The van der Waals surface area contributed by atoms with Gasteiger partial charge < -0.3 is 16.8 Å². The second-order valence-electron chi connectivity index (χ2n) is 5.08. The van der Waals surface area contributed by atoms with Crippen LogP contribution < -0.4 is 16.8 Å². The van der Waals surface area contributed by atoms with Gasteiger partial charge in [-0.25, -0.2) is 0 Å². The molecule has 0 saturated heterocycles. The van der Waals surface area contributed by atoms with Crippen LogP contribution >= 0.6 is 0 Å². The van der Waals surface area contributed by atoms with Crippen molar-refractivity contribution in [2.45, 2.75) is 13.1 Å². The van der Waals surface area contributed by atoms with E-state index in [1.807, 2.05) is 24.3 Å². The summed E-state index contributed by atoms with van der Waals surface area (Å²) in [5.74, 6) is 0.237. The summed E-state index contributed by atoms with van der Waals surface area (Å²) < 4.78 is 0. The molecule has 0 aliphatic carbocycles. The van der Waals surface area contributed by atoms with Gasteiger partial charge in [0.15, 0.2) is 5.82 Å². The van der Waals surface area contributed by atoms with Crippen molar-refractivity contribution < 1.29 is 4.79 Å². The van der Waals surface area contributed by atoms with Crippen LogP contribution in [-0.2, 0) is 13.1 Å². The number of amides is 1. The standard InChI is InChI=1S/C16H17N5O/c17-8-10-2-1-3-11(6-10)9-19-16(22)12-4-5-14-13(7-12)15(18)21-20-14/h1-7H,8-9,17H2,(H,19,22)(H3,18,20,21). The summed E-state index contributed by atoms with van der Waals surface area (Å²) in [5.41, 5.74) is 14.8. The van der Waals surface area contributed by atoms with Crippen LogP contribution in [0.5, 0.6) is 0 Å². The zero-order valence-corrected chi connectivity index (χ0v) is 12.0. The van der Waals surface area contributed by atoms with Crippen molar-refractivity contribution in [3.8, 4) is 0 Å². The number of hydrogen-bond donors (Lipinski definition) is 4. The Bertz CT molecular complexity index is 824. The molecular weight excluding hydrogens is 278 g/mol. The summed E-state index contributed by atoms with van der Waals surface area (Å²) in [6.07, 6.45) is 0. The Balaban J connectivity index is 1.73. The number of nitrogens with zero attached hydrogens (tertiary/aromatic N) is 1. The quantitative estimate of drug-likeness (QED) is 0.585. The molecule has 0 unspecified atom stereocenters. The molecule has 0 fully saturated rings. The van der Waals surface area contributed by atoms with E-state index in [0.717, 1.165) is 22.0 Å². The van der Waals surface area contributed by atoms with Gasteiger partial charge in [0.2, 0.25) is 0 Å². The van der Waals surface area contributed by atoms with E-state index in [-0.39, 0.29) is 5.91 Å². The molecule has 1 aromatic heterocycles. The molecule has 6 N–H and O–H groups in total. The number of H-pyrrole nitrogens is 1. The summed E-state index contributed by atoms with van der Waals surface area (Å²) in [6.45, 7) is 0.934. The average Bonchev–Trinajstić information content (AvgIpc) is 2.93. The van der Waals surface area contributed by atoms with E-state index in [1.165, 1.54) is 0 Å². The fourth-order valence-electron chi connectivity index (χ4n) is 2.33. The van der Waals surface area contributed by atoms with E-state index in [9.17, 15) is 4.79 Å². The van der Waals surface area contributed by atoms with E-state index in [1.54, 1.807) is 18.2 Å². The Morgan fingerprint density at radius 3 is 2.82 bits per heavy atom. The highest BCUT2D eigenvalue weighted by Gasteiger charge is 2.09. The Morgan fingerprint density at radius 2 is 2.00 bits per heavy atom. The van der Waals surface area contributed by atoms with Crippen molar-refractivity contribution in [2.24, 2.45) is 5.73 Å². The second kappa shape index (κ2) is 5.87. The molecule has 0 bridgehead atoms. The van der Waals surface area contributed by atoms with E-state index in [2.05, 4.69) is 15.5 Å². The SMILES string of the molecule is NCc1cccc(CNC(=O)c2ccc3[nH]nc(N)c3c2)c1. The Morgan fingerprint density at radius 1 is 1.18 bits per heavy atom. The van der Waals surface area contributed by atoms with Gasteiger partial charge >= 0.3 is 0 Å². The maximum Gasteiger partial charge on any atom is 0.251 e. The minimum atomic E-state index is -0.152. The molecule has 0 spiro atoms. The molecule has 6 heteroatoms. The fraction of sp³-hybridized carbons (Fsp3) is 0.125. The van der Waals surface area contributed by atoms with E-state index in [0.29, 0.717) is 24.5 Å². The lowest BCUT2D eigenvalue weighted by molar-refractivity contribution is 0.0951. The van der Waals surface area contributed by atoms with Gasteiger partial charge in [0.1, 0.15) is 0 Å². The van der Waals surface area contributed by atoms with E-state index < -0.39 is 0 Å². The van der Waals surface area contributed by atoms with Crippen LogP contribution in [0.4, 0.5) is 5.82 Å². The van der Waals surface area contributed by atoms with Crippen LogP contribution in [0.3, 0.4) is 0 Å². The third-order valence-electron chi connectivity index (χ3n) is 3.53. The number of aromatic amines is 1. The van der Waals surface area contributed by atoms with Crippen molar-refractivity contribution in [3.63, 3.8) is 0 Å². The summed E-state index contributed by atoms with van der Waals surface area (Å²) in [4.78, 5) is 12.2. The van der Waals surface area contributed by atoms with Crippen LogP contribution in [0.2, 0.25) is 0 Å². The lowest BCUT2D eigenvalue weighted by atomic mass is 10.1. The number of fused-ring (bicyclic) bond motifs is 1. The van der Waals surface area contributed by atoms with Crippen LogP contribution in [0, 0.1) is 0 Å². The van der Waals surface area contributed by atoms with E-state index >= 15 is 0 Å². The number of hydrogen-bond acceptors (Lipinski definition) is 4. The number of anilines is 1. The average molecular weight is 295 g/mol. The normalized spacial score (nSPS) is 10.8. The smallest absolute Gasteiger partial charge is 0.251 e. The molecule has 0 aliphatic rings. The Labute approximate surface area is 127 Å². The largest absolute Gasteiger partial charge is 0.382 e. The first kappa shape index (κ1) is 14.1. The van der Waals surface area contributed by atoms with Crippen molar-refractivity contribution in [1.82, 2.24) is 15.5 Å². The molecule has 0 atom stereocenters. The maximum absolute atomic E-state index is 12.2. The highest BCUT2D eigenvalue weighted by atomic mass is 16.1. The molecule has 22 heavy (non-hydrogen) atoms. The Hall–Kier alpha value is -2.86. The summed E-state index contributed by atoms with van der Waals surface area (Å²) in [6, 6.07) is 13.1. The first-order valence-corrected chi connectivity index (χ1v) is 6.97.